The number of carbonyl (C=O) groups excluding carboxylic acids is 1. The maximum Gasteiger partial charge on any atom is 0.308 e. The number of amides is 1. The van der Waals surface area contributed by atoms with Crippen LogP contribution in [0.4, 0.5) is 0 Å². The van der Waals surface area contributed by atoms with Crippen molar-refractivity contribution in [3.63, 3.8) is 0 Å². The summed E-state index contributed by atoms with van der Waals surface area (Å²) in [6.45, 7) is 2.29. The molecule has 1 amide bonds. The summed E-state index contributed by atoms with van der Waals surface area (Å²) in [6.07, 6.45) is 3.29. The van der Waals surface area contributed by atoms with Gasteiger partial charge in [0.1, 0.15) is 0 Å². The van der Waals surface area contributed by atoms with Crippen LogP contribution in [0.5, 0.6) is 0 Å². The van der Waals surface area contributed by atoms with Crippen LogP contribution >= 0.6 is 0 Å². The van der Waals surface area contributed by atoms with Crippen molar-refractivity contribution in [1.82, 2.24) is 14.7 Å². The number of aliphatic carboxylic acids is 1. The maximum absolute atomic E-state index is 13.1. The predicted molar refractivity (Wildman–Crippen MR) is 91.8 cm³/mol. The van der Waals surface area contributed by atoms with Gasteiger partial charge in [-0.05, 0) is 44.7 Å². The Kier molecular flexibility index (Phi) is 3.82. The second kappa shape index (κ2) is 6.02. The van der Waals surface area contributed by atoms with Crippen molar-refractivity contribution in [2.45, 2.75) is 38.6 Å². The van der Waals surface area contributed by atoms with Gasteiger partial charge >= 0.3 is 5.97 Å². The number of nitrogens with zero attached hydrogens (tertiary/aromatic N) is 3. The highest BCUT2D eigenvalue weighted by molar-refractivity contribution is 5.95. The van der Waals surface area contributed by atoms with E-state index in [1.807, 2.05) is 41.9 Å². The van der Waals surface area contributed by atoms with Crippen molar-refractivity contribution in [2.24, 2.45) is 5.92 Å². The molecular formula is C19H21N3O3. The van der Waals surface area contributed by atoms with Gasteiger partial charge in [-0.3, -0.25) is 9.59 Å². The highest BCUT2D eigenvalue weighted by Crippen LogP contribution is 2.31. The van der Waals surface area contributed by atoms with Crippen molar-refractivity contribution >= 4 is 11.9 Å². The molecule has 6 heteroatoms. The standard InChI is InChI=1S/C19H21N3O3/c1-12-14(19(24)25)10-11-21(12)18(23)17-15-8-5-9-16(15)22(20-17)13-6-3-2-4-7-13/h2-4,6-7,12,14H,5,8-11H2,1H3,(H,24,25). The second-order valence-corrected chi connectivity index (χ2v) is 6.85. The molecule has 4 rings (SSSR count). The number of carboxylic acids is 1. The summed E-state index contributed by atoms with van der Waals surface area (Å²) in [4.78, 5) is 26.1. The molecule has 2 aromatic rings. The molecule has 25 heavy (non-hydrogen) atoms. The smallest absolute Gasteiger partial charge is 0.308 e. The summed E-state index contributed by atoms with van der Waals surface area (Å²) < 4.78 is 1.88. The lowest BCUT2D eigenvalue weighted by Gasteiger charge is -2.22. The monoisotopic (exact) mass is 339 g/mol. The van der Waals surface area contributed by atoms with Crippen LogP contribution in [0.2, 0.25) is 0 Å². The summed E-state index contributed by atoms with van der Waals surface area (Å²) in [7, 11) is 0. The van der Waals surface area contributed by atoms with Crippen molar-refractivity contribution < 1.29 is 14.7 Å². The van der Waals surface area contributed by atoms with Crippen molar-refractivity contribution in [3.05, 3.63) is 47.3 Å². The van der Waals surface area contributed by atoms with Crippen LogP contribution < -0.4 is 0 Å². The number of likely N-dealkylation sites (tertiary alicyclic amines) is 1. The van der Waals surface area contributed by atoms with Gasteiger partial charge in [0.05, 0.1) is 11.6 Å². The zero-order valence-corrected chi connectivity index (χ0v) is 14.2. The van der Waals surface area contributed by atoms with E-state index in [4.69, 9.17) is 0 Å². The average Bonchev–Trinajstić information content (AvgIpc) is 3.29. The maximum atomic E-state index is 13.1. The number of hydrogen-bond donors (Lipinski definition) is 1. The van der Waals surface area contributed by atoms with E-state index in [9.17, 15) is 14.7 Å². The highest BCUT2D eigenvalue weighted by Gasteiger charge is 2.40. The average molecular weight is 339 g/mol. The molecule has 130 valence electrons. The Labute approximate surface area is 146 Å². The fourth-order valence-corrected chi connectivity index (χ4v) is 4.08. The zero-order chi connectivity index (χ0) is 17.6. The lowest BCUT2D eigenvalue weighted by atomic mass is 10.0. The first-order chi connectivity index (χ1) is 12.1. The van der Waals surface area contributed by atoms with Crippen LogP contribution in [-0.2, 0) is 17.6 Å². The normalized spacial score (nSPS) is 22.2. The fourth-order valence-electron chi connectivity index (χ4n) is 4.08. The van der Waals surface area contributed by atoms with Gasteiger partial charge < -0.3 is 10.0 Å². The molecular weight excluding hydrogens is 318 g/mol. The molecule has 1 aliphatic heterocycles. The van der Waals surface area contributed by atoms with Crippen molar-refractivity contribution in [2.75, 3.05) is 6.54 Å². The molecule has 1 aliphatic carbocycles. The second-order valence-electron chi connectivity index (χ2n) is 6.85. The van der Waals surface area contributed by atoms with Gasteiger partial charge in [0, 0.05) is 23.8 Å². The van der Waals surface area contributed by atoms with E-state index < -0.39 is 11.9 Å². The number of rotatable bonds is 3. The van der Waals surface area contributed by atoms with E-state index in [0.717, 1.165) is 36.2 Å². The van der Waals surface area contributed by atoms with Gasteiger partial charge in [0.2, 0.25) is 0 Å². The third-order valence-corrected chi connectivity index (χ3v) is 5.47. The minimum absolute atomic E-state index is 0.135. The third kappa shape index (κ3) is 2.52. The van der Waals surface area contributed by atoms with E-state index in [1.54, 1.807) is 4.90 Å². The Balaban J connectivity index is 1.70. The van der Waals surface area contributed by atoms with Gasteiger partial charge in [-0.2, -0.15) is 5.10 Å². The van der Waals surface area contributed by atoms with Gasteiger partial charge in [-0.25, -0.2) is 4.68 Å². The quantitative estimate of drug-likeness (QED) is 0.931. The number of hydrogen-bond acceptors (Lipinski definition) is 3. The third-order valence-electron chi connectivity index (χ3n) is 5.47. The summed E-state index contributed by atoms with van der Waals surface area (Å²) in [5, 5.41) is 13.9. The summed E-state index contributed by atoms with van der Waals surface area (Å²) >= 11 is 0. The Bertz CT molecular complexity index is 828. The van der Waals surface area contributed by atoms with E-state index in [2.05, 4.69) is 5.10 Å². The number of carboxylic acid groups (broad SMARTS) is 1. The number of carbonyl (C=O) groups is 2. The molecule has 1 aromatic heterocycles. The van der Waals surface area contributed by atoms with Gasteiger partial charge in [-0.15, -0.1) is 0 Å². The van der Waals surface area contributed by atoms with Crippen LogP contribution in [0, 0.1) is 5.92 Å². The van der Waals surface area contributed by atoms with E-state index >= 15 is 0 Å². The molecule has 2 unspecified atom stereocenters. The Morgan fingerprint density at radius 3 is 2.64 bits per heavy atom. The van der Waals surface area contributed by atoms with Crippen molar-refractivity contribution in [1.29, 1.82) is 0 Å². The molecule has 1 N–H and O–H groups in total. The molecule has 6 nitrogen and oxygen atoms in total. The summed E-state index contributed by atoms with van der Waals surface area (Å²) in [5.41, 5.74) is 3.59. The van der Waals surface area contributed by atoms with Crippen LogP contribution in [0.3, 0.4) is 0 Å². The zero-order valence-electron chi connectivity index (χ0n) is 14.2. The first-order valence-corrected chi connectivity index (χ1v) is 8.78. The Morgan fingerprint density at radius 2 is 1.96 bits per heavy atom. The fraction of sp³-hybridized carbons (Fsp3) is 0.421. The van der Waals surface area contributed by atoms with Gasteiger partial charge in [0.15, 0.2) is 5.69 Å². The molecule has 0 radical (unpaired) electrons. The van der Waals surface area contributed by atoms with Crippen molar-refractivity contribution in [3.8, 4) is 5.69 Å². The van der Waals surface area contributed by atoms with Gasteiger partial charge in [-0.1, -0.05) is 18.2 Å². The molecule has 1 fully saturated rings. The minimum Gasteiger partial charge on any atom is -0.481 e. The predicted octanol–water partition coefficient (Wildman–Crippen LogP) is 2.30. The number of para-hydroxylation sites is 1. The number of fused-ring (bicyclic) bond motifs is 1. The summed E-state index contributed by atoms with van der Waals surface area (Å²) in [6, 6.07) is 9.54. The van der Waals surface area contributed by atoms with Crippen LogP contribution in [0.25, 0.3) is 5.69 Å². The Morgan fingerprint density at radius 1 is 1.20 bits per heavy atom. The lowest BCUT2D eigenvalue weighted by Crippen LogP contribution is -2.38. The molecule has 2 atom stereocenters. The van der Waals surface area contributed by atoms with Gasteiger partial charge in [0.25, 0.3) is 5.91 Å². The topological polar surface area (TPSA) is 75.4 Å². The molecule has 1 aromatic carbocycles. The number of aromatic nitrogens is 2. The highest BCUT2D eigenvalue weighted by atomic mass is 16.4. The molecule has 0 bridgehead atoms. The molecule has 0 spiro atoms. The van der Waals surface area contributed by atoms with E-state index in [1.165, 1.54) is 0 Å². The van der Waals surface area contributed by atoms with E-state index in [-0.39, 0.29) is 11.9 Å². The van der Waals surface area contributed by atoms with Crippen LogP contribution in [0.15, 0.2) is 30.3 Å². The molecule has 1 saturated heterocycles. The molecule has 2 heterocycles. The lowest BCUT2D eigenvalue weighted by molar-refractivity contribution is -0.142. The van der Waals surface area contributed by atoms with Crippen LogP contribution in [0.1, 0.15) is 41.5 Å². The summed E-state index contributed by atoms with van der Waals surface area (Å²) in [5.74, 6) is -1.46. The molecule has 2 aliphatic rings. The largest absolute Gasteiger partial charge is 0.481 e. The first kappa shape index (κ1) is 15.9. The number of benzene rings is 1. The first-order valence-electron chi connectivity index (χ1n) is 8.78. The SMILES string of the molecule is CC1C(C(=O)O)CCN1C(=O)c1nn(-c2ccccc2)c2c1CCC2. The minimum atomic E-state index is -0.831. The van der Waals surface area contributed by atoms with Crippen LogP contribution in [-0.4, -0.2) is 44.3 Å². The molecule has 0 saturated carbocycles. The Hall–Kier alpha value is -2.63. The van der Waals surface area contributed by atoms with E-state index in [0.29, 0.717) is 18.7 Å².